The maximum atomic E-state index is 12.9. The monoisotopic (exact) mass is 637 g/mol. The molecule has 5 atom stereocenters. The van der Waals surface area contributed by atoms with Gasteiger partial charge in [-0.1, -0.05) is 12.1 Å². The summed E-state index contributed by atoms with van der Waals surface area (Å²) in [4.78, 5) is 49.2. The Bertz CT molecular complexity index is 1180. The third kappa shape index (κ3) is 10.1. The fourth-order valence-corrected chi connectivity index (χ4v) is 5.57. The molecule has 0 aliphatic carbocycles. The topological polar surface area (TPSA) is 178 Å². The summed E-state index contributed by atoms with van der Waals surface area (Å²) in [5.41, 5.74) is 0.750. The number of fused-ring (bicyclic) bond motifs is 1. The molecule has 4 rings (SSSR count). The number of benzene rings is 1. The lowest BCUT2D eigenvalue weighted by molar-refractivity contribution is -0.329. The molecule has 0 aromatic heterocycles. The van der Waals surface area contributed by atoms with Crippen molar-refractivity contribution in [3.8, 4) is 11.5 Å². The summed E-state index contributed by atoms with van der Waals surface area (Å²) in [7, 11) is 2.79. The van der Waals surface area contributed by atoms with Gasteiger partial charge in [-0.3, -0.25) is 4.79 Å². The Hall–Kier alpha value is -3.82. The maximum absolute atomic E-state index is 12.9. The minimum atomic E-state index is -1.10. The van der Waals surface area contributed by atoms with Crippen molar-refractivity contribution < 1.29 is 57.1 Å². The molecule has 0 saturated carbocycles. The van der Waals surface area contributed by atoms with E-state index >= 15 is 0 Å². The molecule has 0 bridgehead atoms. The second-order valence-electron chi connectivity index (χ2n) is 11.1. The van der Waals surface area contributed by atoms with Crippen molar-refractivity contribution in [2.45, 2.75) is 88.6 Å². The highest BCUT2D eigenvalue weighted by Crippen LogP contribution is 2.41. The summed E-state index contributed by atoms with van der Waals surface area (Å²) in [6.45, 7) is 2.52. The van der Waals surface area contributed by atoms with Gasteiger partial charge in [-0.15, -0.1) is 0 Å². The first kappa shape index (κ1) is 34.1. The van der Waals surface area contributed by atoms with Gasteiger partial charge in [0.25, 0.3) is 0 Å². The molecular formula is C30H43N3O12. The average Bonchev–Trinajstić information content (AvgIpc) is 3.51. The Kier molecular flexibility index (Phi) is 12.5. The van der Waals surface area contributed by atoms with E-state index in [4.69, 9.17) is 33.2 Å². The van der Waals surface area contributed by atoms with Crippen LogP contribution in [0.2, 0.25) is 0 Å². The molecule has 1 aromatic carbocycles. The summed E-state index contributed by atoms with van der Waals surface area (Å²) in [6.07, 6.45) is 0.137. The highest BCUT2D eigenvalue weighted by molar-refractivity contribution is 5.84. The van der Waals surface area contributed by atoms with Crippen molar-refractivity contribution in [1.82, 2.24) is 16.0 Å². The van der Waals surface area contributed by atoms with E-state index in [0.717, 1.165) is 12.0 Å². The number of esters is 1. The number of carbonyl (C=O) groups is 4. The highest BCUT2D eigenvalue weighted by Gasteiger charge is 2.47. The van der Waals surface area contributed by atoms with Crippen LogP contribution in [-0.4, -0.2) is 95.0 Å². The van der Waals surface area contributed by atoms with E-state index in [0.29, 0.717) is 50.3 Å². The van der Waals surface area contributed by atoms with Crippen LogP contribution in [0, 0.1) is 0 Å². The molecule has 3 aliphatic rings. The van der Waals surface area contributed by atoms with Gasteiger partial charge >= 0.3 is 18.2 Å². The van der Waals surface area contributed by atoms with Crippen LogP contribution in [0.25, 0.3) is 0 Å². The number of alkyl carbamates (subject to hydrolysis) is 2. The third-order valence-electron chi connectivity index (χ3n) is 7.69. The van der Waals surface area contributed by atoms with E-state index in [1.807, 2.05) is 12.1 Å². The number of amides is 3. The molecule has 2 fully saturated rings. The Balaban J connectivity index is 1.36. The number of methoxy groups -OCH3 is 2. The molecular weight excluding hydrogens is 594 g/mol. The minimum Gasteiger partial charge on any atom is -0.467 e. The molecule has 3 N–H and O–H groups in total. The predicted molar refractivity (Wildman–Crippen MR) is 155 cm³/mol. The summed E-state index contributed by atoms with van der Waals surface area (Å²) in [5, 5.41) is 7.98. The fourth-order valence-electron chi connectivity index (χ4n) is 5.57. The van der Waals surface area contributed by atoms with Crippen molar-refractivity contribution >= 4 is 24.1 Å². The molecule has 15 nitrogen and oxygen atoms in total. The summed E-state index contributed by atoms with van der Waals surface area (Å²) < 4.78 is 44.5. The molecule has 0 unspecified atom stereocenters. The number of ether oxygens (including phenoxy) is 8. The fraction of sp³-hybridized carbons (Fsp3) is 0.667. The Morgan fingerprint density at radius 2 is 1.89 bits per heavy atom. The van der Waals surface area contributed by atoms with Crippen LogP contribution in [0.5, 0.6) is 11.5 Å². The number of hydrogen-bond acceptors (Lipinski definition) is 12. The molecule has 1 spiro atoms. The minimum absolute atomic E-state index is 0.0155. The van der Waals surface area contributed by atoms with Crippen LogP contribution in [0.3, 0.4) is 0 Å². The van der Waals surface area contributed by atoms with Gasteiger partial charge in [0.1, 0.15) is 18.8 Å². The van der Waals surface area contributed by atoms with Crippen molar-refractivity contribution in [1.29, 1.82) is 0 Å². The summed E-state index contributed by atoms with van der Waals surface area (Å²) in [5.74, 6) is -0.801. The molecule has 250 valence electrons. The zero-order valence-corrected chi connectivity index (χ0v) is 25.9. The zero-order valence-electron chi connectivity index (χ0n) is 25.9. The SMILES string of the molecule is COCCNC(=O)OC[C@H]1CCC[C@@]2(C[C@H](OC(=O)NCc3cccc4c3OCO4)C[C@@H](CCC(=O)N[C@@H](C)C(=O)OC)O2)O1. The van der Waals surface area contributed by atoms with Crippen LogP contribution in [-0.2, 0) is 44.6 Å². The van der Waals surface area contributed by atoms with E-state index in [9.17, 15) is 19.2 Å². The molecule has 15 heteroatoms. The average molecular weight is 638 g/mol. The van der Waals surface area contributed by atoms with E-state index < -0.39 is 48.3 Å². The van der Waals surface area contributed by atoms with Gasteiger partial charge in [0.2, 0.25) is 12.7 Å². The zero-order chi connectivity index (χ0) is 32.2. The van der Waals surface area contributed by atoms with Gasteiger partial charge in [-0.25, -0.2) is 14.4 Å². The normalized spacial score (nSPS) is 24.3. The van der Waals surface area contributed by atoms with Gasteiger partial charge in [0, 0.05) is 51.4 Å². The number of carbonyl (C=O) groups excluding carboxylic acids is 4. The third-order valence-corrected chi connectivity index (χ3v) is 7.69. The summed E-state index contributed by atoms with van der Waals surface area (Å²) in [6, 6.07) is 4.64. The molecule has 45 heavy (non-hydrogen) atoms. The van der Waals surface area contributed by atoms with E-state index in [-0.39, 0.29) is 38.7 Å². The van der Waals surface area contributed by atoms with E-state index in [1.54, 1.807) is 6.07 Å². The first-order valence-electron chi connectivity index (χ1n) is 15.1. The molecule has 1 aromatic rings. The lowest BCUT2D eigenvalue weighted by atomic mass is 9.90. The van der Waals surface area contributed by atoms with Crippen LogP contribution < -0.4 is 25.4 Å². The van der Waals surface area contributed by atoms with Gasteiger partial charge in [0.05, 0.1) is 25.9 Å². The predicted octanol–water partition coefficient (Wildman–Crippen LogP) is 2.29. The number of rotatable bonds is 13. The van der Waals surface area contributed by atoms with Crippen molar-refractivity contribution in [2.75, 3.05) is 40.8 Å². The Labute approximate surface area is 261 Å². The number of para-hydroxylation sites is 1. The van der Waals surface area contributed by atoms with Crippen LogP contribution >= 0.6 is 0 Å². The molecule has 3 heterocycles. The first-order chi connectivity index (χ1) is 21.7. The Morgan fingerprint density at radius 1 is 1.07 bits per heavy atom. The molecule has 3 aliphatic heterocycles. The van der Waals surface area contributed by atoms with Crippen LogP contribution in [0.4, 0.5) is 9.59 Å². The lowest BCUT2D eigenvalue weighted by Gasteiger charge is -2.47. The van der Waals surface area contributed by atoms with Crippen molar-refractivity contribution in [2.24, 2.45) is 0 Å². The quantitative estimate of drug-likeness (QED) is 0.164. The van der Waals surface area contributed by atoms with E-state index in [1.165, 1.54) is 21.1 Å². The number of nitrogens with one attached hydrogen (secondary N) is 3. The van der Waals surface area contributed by atoms with E-state index in [2.05, 4.69) is 20.7 Å². The molecule has 2 saturated heterocycles. The largest absolute Gasteiger partial charge is 0.467 e. The molecule has 3 amide bonds. The standard InChI is InChI=1S/C30H43N3O12/c1-19(27(35)39-3)33-25(34)10-9-21-14-23(43-29(37)32-16-20-6-4-8-24-26(20)42-18-41-24)15-30(44-21)11-5-7-22(45-30)17-40-28(36)31-12-13-38-2/h4,6,8,19,21-23H,5,7,9-18H2,1-3H3,(H,31,36)(H,32,37)(H,33,34)/t19-,21+,22+,23+,30-/m0/s1. The highest BCUT2D eigenvalue weighted by atomic mass is 16.7. The summed E-state index contributed by atoms with van der Waals surface area (Å²) >= 11 is 0. The van der Waals surface area contributed by atoms with Crippen molar-refractivity contribution in [3.63, 3.8) is 0 Å². The Morgan fingerprint density at radius 3 is 2.69 bits per heavy atom. The van der Waals surface area contributed by atoms with Gasteiger partial charge in [-0.05, 0) is 32.3 Å². The first-order valence-corrected chi connectivity index (χ1v) is 15.1. The van der Waals surface area contributed by atoms with Gasteiger partial charge < -0.3 is 53.8 Å². The van der Waals surface area contributed by atoms with Gasteiger partial charge in [-0.2, -0.15) is 0 Å². The van der Waals surface area contributed by atoms with Crippen molar-refractivity contribution in [3.05, 3.63) is 23.8 Å². The second-order valence-corrected chi connectivity index (χ2v) is 11.1. The van der Waals surface area contributed by atoms with Gasteiger partial charge in [0.15, 0.2) is 17.3 Å². The molecule has 0 radical (unpaired) electrons. The maximum Gasteiger partial charge on any atom is 0.407 e. The van der Waals surface area contributed by atoms with Crippen LogP contribution in [0.15, 0.2) is 18.2 Å². The lowest BCUT2D eigenvalue weighted by Crippen LogP contribution is -2.53. The number of hydrogen-bond donors (Lipinski definition) is 3. The second kappa shape index (κ2) is 16.5. The van der Waals surface area contributed by atoms with Crippen LogP contribution in [0.1, 0.15) is 57.4 Å². The smallest absolute Gasteiger partial charge is 0.407 e.